The quantitative estimate of drug-likeness (QED) is 0.622. The summed E-state index contributed by atoms with van der Waals surface area (Å²) in [5, 5.41) is 13.2. The van der Waals surface area contributed by atoms with Gasteiger partial charge in [-0.15, -0.1) is 10.2 Å². The van der Waals surface area contributed by atoms with Crippen molar-refractivity contribution in [3.05, 3.63) is 48.7 Å². The van der Waals surface area contributed by atoms with Gasteiger partial charge in [0, 0.05) is 57.4 Å². The Morgan fingerprint density at radius 1 is 0.914 bits per heavy atom. The van der Waals surface area contributed by atoms with E-state index in [2.05, 4.69) is 68.2 Å². The molecule has 2 aromatic heterocycles. The van der Waals surface area contributed by atoms with Gasteiger partial charge in [0.2, 0.25) is 0 Å². The lowest BCUT2D eigenvalue weighted by Crippen LogP contribution is -2.58. The van der Waals surface area contributed by atoms with E-state index in [9.17, 15) is 4.79 Å². The standard InChI is InChI=1S/C26H34N8O/c1-19(2)23-18-33(25-10-9-24(29-30-25)32-14-12-31(3)13-15-32)16-17-34(23)26(35)28-22-8-4-7-21-20(22)6-5-11-27-21/h4-11,19,23H,12-18H2,1-3H3,(H,28,35). The molecular weight excluding hydrogens is 440 g/mol. The highest BCUT2D eigenvalue weighted by Crippen LogP contribution is 2.26. The number of nitrogens with one attached hydrogen (secondary N) is 1. The number of nitrogens with zero attached hydrogens (tertiary/aromatic N) is 7. The smallest absolute Gasteiger partial charge is 0.322 e. The van der Waals surface area contributed by atoms with E-state index >= 15 is 0 Å². The number of amides is 2. The number of benzene rings is 1. The van der Waals surface area contributed by atoms with E-state index in [1.165, 1.54) is 0 Å². The fourth-order valence-electron chi connectivity index (χ4n) is 4.93. The Morgan fingerprint density at radius 2 is 1.63 bits per heavy atom. The summed E-state index contributed by atoms with van der Waals surface area (Å²) in [6.45, 7) is 10.4. The van der Waals surface area contributed by atoms with E-state index in [1.54, 1.807) is 6.20 Å². The second-order valence-electron chi connectivity index (χ2n) is 9.80. The lowest BCUT2D eigenvalue weighted by atomic mass is 10.00. The van der Waals surface area contributed by atoms with E-state index in [1.807, 2.05) is 35.2 Å². The van der Waals surface area contributed by atoms with Gasteiger partial charge in [0.1, 0.15) is 0 Å². The number of hydrogen-bond donors (Lipinski definition) is 1. The summed E-state index contributed by atoms with van der Waals surface area (Å²) >= 11 is 0. The number of fused-ring (bicyclic) bond motifs is 1. The summed E-state index contributed by atoms with van der Waals surface area (Å²) in [5.74, 6) is 2.11. The Balaban J connectivity index is 1.27. The SMILES string of the molecule is CC(C)C1CN(c2ccc(N3CCN(C)CC3)nn2)CCN1C(=O)Nc1cccc2ncccc12. The molecule has 9 heteroatoms. The first kappa shape index (κ1) is 23.3. The van der Waals surface area contributed by atoms with Gasteiger partial charge in [-0.3, -0.25) is 4.98 Å². The van der Waals surface area contributed by atoms with Gasteiger partial charge in [-0.1, -0.05) is 19.9 Å². The lowest BCUT2D eigenvalue weighted by molar-refractivity contribution is 0.156. The molecule has 2 aliphatic heterocycles. The molecule has 0 aliphatic carbocycles. The predicted molar refractivity (Wildman–Crippen MR) is 140 cm³/mol. The van der Waals surface area contributed by atoms with Gasteiger partial charge in [-0.2, -0.15) is 0 Å². The first-order chi connectivity index (χ1) is 17.0. The zero-order valence-corrected chi connectivity index (χ0v) is 20.8. The minimum Gasteiger partial charge on any atom is -0.353 e. The minimum atomic E-state index is -0.0730. The molecule has 0 spiro atoms. The van der Waals surface area contributed by atoms with Crippen molar-refractivity contribution in [1.29, 1.82) is 0 Å². The summed E-state index contributed by atoms with van der Waals surface area (Å²) < 4.78 is 0. The molecule has 2 aliphatic rings. The van der Waals surface area contributed by atoms with E-state index in [4.69, 9.17) is 0 Å². The van der Waals surface area contributed by atoms with Crippen LogP contribution in [0.4, 0.5) is 22.1 Å². The molecule has 1 aromatic carbocycles. The normalized spacial score (nSPS) is 19.4. The van der Waals surface area contributed by atoms with Crippen LogP contribution in [-0.4, -0.2) is 89.9 Å². The van der Waals surface area contributed by atoms with Crippen LogP contribution in [0, 0.1) is 5.92 Å². The molecule has 2 fully saturated rings. The van der Waals surface area contributed by atoms with Gasteiger partial charge < -0.3 is 24.9 Å². The average Bonchev–Trinajstić information content (AvgIpc) is 2.89. The van der Waals surface area contributed by atoms with Gasteiger partial charge >= 0.3 is 6.03 Å². The van der Waals surface area contributed by atoms with Crippen LogP contribution in [0.25, 0.3) is 10.9 Å². The molecule has 35 heavy (non-hydrogen) atoms. The Hall–Kier alpha value is -3.46. The second-order valence-corrected chi connectivity index (χ2v) is 9.80. The van der Waals surface area contributed by atoms with Crippen LogP contribution in [0.3, 0.4) is 0 Å². The molecule has 9 nitrogen and oxygen atoms in total. The second kappa shape index (κ2) is 10.0. The van der Waals surface area contributed by atoms with Crippen molar-refractivity contribution in [2.45, 2.75) is 19.9 Å². The minimum absolute atomic E-state index is 0.0657. The molecule has 184 valence electrons. The number of urea groups is 1. The fraction of sp³-hybridized carbons (Fsp3) is 0.462. The van der Waals surface area contributed by atoms with Gasteiger partial charge in [0.05, 0.1) is 17.2 Å². The van der Waals surface area contributed by atoms with E-state index in [0.717, 1.165) is 67.5 Å². The van der Waals surface area contributed by atoms with Gasteiger partial charge in [-0.25, -0.2) is 4.79 Å². The van der Waals surface area contributed by atoms with Crippen LogP contribution >= 0.6 is 0 Å². The molecule has 2 saturated heterocycles. The van der Waals surface area contributed by atoms with Crippen LogP contribution < -0.4 is 15.1 Å². The van der Waals surface area contributed by atoms with Crippen LogP contribution in [0.1, 0.15) is 13.8 Å². The number of hydrogen-bond acceptors (Lipinski definition) is 7. The highest BCUT2D eigenvalue weighted by Gasteiger charge is 2.33. The molecule has 0 radical (unpaired) electrons. The van der Waals surface area contributed by atoms with Crippen molar-refractivity contribution in [1.82, 2.24) is 25.0 Å². The molecule has 3 aromatic rings. The molecule has 0 saturated carbocycles. The number of likely N-dealkylation sites (N-methyl/N-ethyl adjacent to an activating group) is 1. The first-order valence-electron chi connectivity index (χ1n) is 12.4. The predicted octanol–water partition coefficient (Wildman–Crippen LogP) is 3.16. The van der Waals surface area contributed by atoms with Crippen molar-refractivity contribution >= 4 is 34.3 Å². The van der Waals surface area contributed by atoms with E-state index in [0.29, 0.717) is 12.5 Å². The fourth-order valence-corrected chi connectivity index (χ4v) is 4.93. The summed E-state index contributed by atoms with van der Waals surface area (Å²) in [4.78, 5) is 26.6. The maximum Gasteiger partial charge on any atom is 0.322 e. The average molecular weight is 475 g/mol. The summed E-state index contributed by atoms with van der Waals surface area (Å²) in [5.41, 5.74) is 1.66. The molecule has 1 unspecified atom stereocenters. The zero-order valence-electron chi connectivity index (χ0n) is 20.8. The molecule has 0 bridgehead atoms. The number of aromatic nitrogens is 3. The monoisotopic (exact) mass is 474 g/mol. The highest BCUT2D eigenvalue weighted by atomic mass is 16.2. The van der Waals surface area contributed by atoms with Crippen molar-refractivity contribution in [2.24, 2.45) is 5.92 Å². The maximum absolute atomic E-state index is 13.4. The zero-order chi connectivity index (χ0) is 24.4. The van der Waals surface area contributed by atoms with Crippen molar-refractivity contribution in [2.75, 3.05) is 68.0 Å². The Morgan fingerprint density at radius 3 is 2.34 bits per heavy atom. The van der Waals surface area contributed by atoms with Crippen molar-refractivity contribution in [3.63, 3.8) is 0 Å². The molecular formula is C26H34N8O. The summed E-state index contributed by atoms with van der Waals surface area (Å²) in [6.07, 6.45) is 1.77. The van der Waals surface area contributed by atoms with Crippen LogP contribution in [0.2, 0.25) is 0 Å². The Bertz CT molecular complexity index is 1150. The first-order valence-corrected chi connectivity index (χ1v) is 12.4. The molecule has 5 rings (SSSR count). The topological polar surface area (TPSA) is 80.7 Å². The Kier molecular flexibility index (Phi) is 6.68. The van der Waals surface area contributed by atoms with E-state index < -0.39 is 0 Å². The van der Waals surface area contributed by atoms with Crippen LogP contribution in [0.5, 0.6) is 0 Å². The highest BCUT2D eigenvalue weighted by molar-refractivity contribution is 6.00. The van der Waals surface area contributed by atoms with Gasteiger partial charge in [0.15, 0.2) is 11.6 Å². The molecule has 1 atom stereocenters. The summed E-state index contributed by atoms with van der Waals surface area (Å²) in [7, 11) is 2.15. The number of carbonyl (C=O) groups excluding carboxylic acids is 1. The molecule has 2 amide bonds. The van der Waals surface area contributed by atoms with Crippen LogP contribution in [0.15, 0.2) is 48.7 Å². The number of carbonyl (C=O) groups is 1. The molecule has 4 heterocycles. The van der Waals surface area contributed by atoms with Gasteiger partial charge in [0.25, 0.3) is 0 Å². The number of piperazine rings is 2. The lowest BCUT2D eigenvalue weighted by Gasteiger charge is -2.43. The number of anilines is 3. The summed E-state index contributed by atoms with van der Waals surface area (Å²) in [6, 6.07) is 13.8. The maximum atomic E-state index is 13.4. The number of rotatable bonds is 4. The van der Waals surface area contributed by atoms with Crippen LogP contribution in [-0.2, 0) is 0 Å². The Labute approximate surface area is 206 Å². The molecule has 1 N–H and O–H groups in total. The number of pyridine rings is 1. The third-order valence-electron chi connectivity index (χ3n) is 7.12. The third kappa shape index (κ3) is 5.00. The van der Waals surface area contributed by atoms with Gasteiger partial charge in [-0.05, 0) is 49.4 Å². The largest absolute Gasteiger partial charge is 0.353 e. The van der Waals surface area contributed by atoms with Crippen molar-refractivity contribution < 1.29 is 4.79 Å². The van der Waals surface area contributed by atoms with E-state index in [-0.39, 0.29) is 12.1 Å². The third-order valence-corrected chi connectivity index (χ3v) is 7.12. The van der Waals surface area contributed by atoms with Crippen molar-refractivity contribution in [3.8, 4) is 0 Å².